The van der Waals surface area contributed by atoms with Crippen molar-refractivity contribution in [3.63, 3.8) is 0 Å². The standard InChI is InChI=1S/C17H24N2O4S/c1-24(21,22)16-6-4-15(5-7-16)19-8-2-3-14(13-19)17(20)18-9-11-23-12-10-18/h4-7,14H,2-3,8-13H2,1H3. The molecule has 2 saturated heterocycles. The first kappa shape index (κ1) is 17.2. The Kier molecular flexibility index (Phi) is 5.10. The van der Waals surface area contributed by atoms with Crippen LogP contribution in [0.1, 0.15) is 12.8 Å². The Labute approximate surface area is 143 Å². The largest absolute Gasteiger partial charge is 0.378 e. The van der Waals surface area contributed by atoms with Gasteiger partial charge in [0.1, 0.15) is 0 Å². The first-order valence-electron chi connectivity index (χ1n) is 8.37. The topological polar surface area (TPSA) is 66.9 Å². The molecule has 1 atom stereocenters. The molecule has 0 spiro atoms. The van der Waals surface area contributed by atoms with Gasteiger partial charge in [-0.15, -0.1) is 0 Å². The summed E-state index contributed by atoms with van der Waals surface area (Å²) in [5.74, 6) is 0.224. The third-order valence-corrected chi connectivity index (χ3v) is 5.85. The molecule has 1 unspecified atom stereocenters. The maximum Gasteiger partial charge on any atom is 0.227 e. The highest BCUT2D eigenvalue weighted by Gasteiger charge is 2.30. The van der Waals surface area contributed by atoms with E-state index in [1.54, 1.807) is 12.1 Å². The number of piperidine rings is 1. The molecule has 2 aliphatic heterocycles. The van der Waals surface area contributed by atoms with Gasteiger partial charge in [0.2, 0.25) is 5.91 Å². The van der Waals surface area contributed by atoms with Gasteiger partial charge >= 0.3 is 0 Å². The Balaban J connectivity index is 1.67. The molecule has 1 aromatic carbocycles. The lowest BCUT2D eigenvalue weighted by Gasteiger charge is -2.37. The van der Waals surface area contributed by atoms with Gasteiger partial charge in [-0.05, 0) is 37.1 Å². The molecule has 0 N–H and O–H groups in total. The highest BCUT2D eigenvalue weighted by molar-refractivity contribution is 7.90. The minimum absolute atomic E-state index is 0.00596. The number of carbonyl (C=O) groups excluding carboxylic acids is 1. The van der Waals surface area contributed by atoms with Gasteiger partial charge in [0.05, 0.1) is 24.0 Å². The monoisotopic (exact) mass is 352 g/mol. The van der Waals surface area contributed by atoms with Crippen LogP contribution in [0.3, 0.4) is 0 Å². The normalized spacial score (nSPS) is 22.5. The van der Waals surface area contributed by atoms with Crippen molar-refractivity contribution >= 4 is 21.4 Å². The summed E-state index contributed by atoms with van der Waals surface area (Å²) in [5, 5.41) is 0. The van der Waals surface area contributed by atoms with E-state index in [4.69, 9.17) is 4.74 Å². The van der Waals surface area contributed by atoms with E-state index in [1.165, 1.54) is 6.26 Å². The molecular formula is C17H24N2O4S. The molecule has 2 aliphatic rings. The summed E-state index contributed by atoms with van der Waals surface area (Å²) in [7, 11) is -3.18. The number of hydrogen-bond acceptors (Lipinski definition) is 5. The van der Waals surface area contributed by atoms with Crippen LogP contribution in [0, 0.1) is 5.92 Å². The number of rotatable bonds is 3. The van der Waals surface area contributed by atoms with Gasteiger partial charge in [-0.25, -0.2) is 8.42 Å². The summed E-state index contributed by atoms with van der Waals surface area (Å²) in [5.41, 5.74) is 0.974. The molecule has 0 aromatic heterocycles. The van der Waals surface area contributed by atoms with E-state index in [2.05, 4.69) is 4.90 Å². The van der Waals surface area contributed by atoms with Gasteiger partial charge in [0.15, 0.2) is 9.84 Å². The number of ether oxygens (including phenoxy) is 1. The zero-order valence-electron chi connectivity index (χ0n) is 14.0. The smallest absolute Gasteiger partial charge is 0.227 e. The fourth-order valence-corrected chi connectivity index (χ4v) is 3.99. The maximum atomic E-state index is 12.7. The average molecular weight is 352 g/mol. The van der Waals surface area contributed by atoms with Crippen molar-refractivity contribution in [2.45, 2.75) is 17.7 Å². The van der Waals surface area contributed by atoms with E-state index in [1.807, 2.05) is 17.0 Å². The predicted molar refractivity (Wildman–Crippen MR) is 91.9 cm³/mol. The van der Waals surface area contributed by atoms with E-state index in [0.717, 1.165) is 25.1 Å². The molecule has 3 rings (SSSR count). The molecule has 7 heteroatoms. The number of nitrogens with zero attached hydrogens (tertiary/aromatic N) is 2. The van der Waals surface area contributed by atoms with Crippen molar-refractivity contribution in [2.75, 3.05) is 50.5 Å². The molecule has 0 saturated carbocycles. The Morgan fingerprint density at radius 2 is 1.79 bits per heavy atom. The molecular weight excluding hydrogens is 328 g/mol. The molecule has 1 aromatic rings. The van der Waals surface area contributed by atoms with Crippen LogP contribution < -0.4 is 4.90 Å². The van der Waals surface area contributed by atoms with Gasteiger partial charge in [-0.2, -0.15) is 0 Å². The number of anilines is 1. The summed E-state index contributed by atoms with van der Waals surface area (Å²) in [4.78, 5) is 17.1. The SMILES string of the molecule is CS(=O)(=O)c1ccc(N2CCCC(C(=O)N3CCOCC3)C2)cc1. The van der Waals surface area contributed by atoms with Crippen LogP contribution in [0.25, 0.3) is 0 Å². The Bertz CT molecular complexity index is 681. The zero-order valence-corrected chi connectivity index (χ0v) is 14.8. The van der Waals surface area contributed by atoms with Crippen molar-refractivity contribution < 1.29 is 17.9 Å². The predicted octanol–water partition coefficient (Wildman–Crippen LogP) is 1.17. The van der Waals surface area contributed by atoms with Crippen LogP contribution in [-0.4, -0.2) is 64.9 Å². The summed E-state index contributed by atoms with van der Waals surface area (Å²) in [6.07, 6.45) is 3.09. The van der Waals surface area contributed by atoms with E-state index in [-0.39, 0.29) is 11.8 Å². The number of sulfone groups is 1. The van der Waals surface area contributed by atoms with Crippen molar-refractivity contribution in [3.05, 3.63) is 24.3 Å². The third kappa shape index (κ3) is 3.89. The van der Waals surface area contributed by atoms with Crippen LogP contribution in [0.15, 0.2) is 29.2 Å². The number of hydrogen-bond donors (Lipinski definition) is 0. The Hall–Kier alpha value is -1.60. The molecule has 2 fully saturated rings. The first-order valence-corrected chi connectivity index (χ1v) is 10.3. The number of carbonyl (C=O) groups is 1. The Morgan fingerprint density at radius 3 is 2.42 bits per heavy atom. The van der Waals surface area contributed by atoms with Gasteiger partial charge in [0.25, 0.3) is 0 Å². The first-order chi connectivity index (χ1) is 11.4. The van der Waals surface area contributed by atoms with Crippen molar-refractivity contribution in [1.29, 1.82) is 0 Å². The van der Waals surface area contributed by atoms with Crippen LogP contribution in [0.5, 0.6) is 0 Å². The summed E-state index contributed by atoms with van der Waals surface area (Å²) in [6, 6.07) is 6.94. The van der Waals surface area contributed by atoms with Crippen molar-refractivity contribution in [3.8, 4) is 0 Å². The second kappa shape index (κ2) is 7.11. The van der Waals surface area contributed by atoms with Gasteiger partial charge in [0, 0.05) is 38.1 Å². The minimum atomic E-state index is -3.18. The van der Waals surface area contributed by atoms with Crippen LogP contribution in [0.2, 0.25) is 0 Å². The highest BCUT2D eigenvalue weighted by Crippen LogP contribution is 2.25. The molecule has 24 heavy (non-hydrogen) atoms. The third-order valence-electron chi connectivity index (χ3n) is 4.72. The van der Waals surface area contributed by atoms with Crippen molar-refractivity contribution in [2.24, 2.45) is 5.92 Å². The quantitative estimate of drug-likeness (QED) is 0.817. The van der Waals surface area contributed by atoms with Gasteiger partial charge in [-0.1, -0.05) is 0 Å². The average Bonchev–Trinajstić information content (AvgIpc) is 2.61. The number of benzene rings is 1. The highest BCUT2D eigenvalue weighted by atomic mass is 32.2. The van der Waals surface area contributed by atoms with E-state index in [0.29, 0.717) is 37.7 Å². The molecule has 2 heterocycles. The fraction of sp³-hybridized carbons (Fsp3) is 0.588. The molecule has 132 valence electrons. The maximum absolute atomic E-state index is 12.7. The van der Waals surface area contributed by atoms with E-state index >= 15 is 0 Å². The Morgan fingerprint density at radius 1 is 1.12 bits per heavy atom. The second-order valence-electron chi connectivity index (χ2n) is 6.49. The zero-order chi connectivity index (χ0) is 17.2. The van der Waals surface area contributed by atoms with Crippen LogP contribution in [-0.2, 0) is 19.4 Å². The van der Waals surface area contributed by atoms with Gasteiger partial charge < -0.3 is 14.5 Å². The van der Waals surface area contributed by atoms with E-state index in [9.17, 15) is 13.2 Å². The molecule has 0 radical (unpaired) electrons. The lowest BCUT2D eigenvalue weighted by Crippen LogP contribution is -2.48. The van der Waals surface area contributed by atoms with Crippen LogP contribution in [0.4, 0.5) is 5.69 Å². The lowest BCUT2D eigenvalue weighted by atomic mass is 9.96. The lowest BCUT2D eigenvalue weighted by molar-refractivity contribution is -0.139. The molecule has 6 nitrogen and oxygen atoms in total. The number of amides is 1. The minimum Gasteiger partial charge on any atom is -0.378 e. The summed E-state index contributed by atoms with van der Waals surface area (Å²) >= 11 is 0. The molecule has 0 bridgehead atoms. The van der Waals surface area contributed by atoms with E-state index < -0.39 is 9.84 Å². The summed E-state index contributed by atoms with van der Waals surface area (Å²) < 4.78 is 28.4. The van der Waals surface area contributed by atoms with Crippen LogP contribution >= 0.6 is 0 Å². The molecule has 1 amide bonds. The molecule has 0 aliphatic carbocycles. The fourth-order valence-electron chi connectivity index (χ4n) is 3.36. The van der Waals surface area contributed by atoms with Gasteiger partial charge in [-0.3, -0.25) is 4.79 Å². The summed E-state index contributed by atoms with van der Waals surface area (Å²) in [6.45, 7) is 4.18. The van der Waals surface area contributed by atoms with Crippen molar-refractivity contribution in [1.82, 2.24) is 4.90 Å². The number of morpholine rings is 1. The second-order valence-corrected chi connectivity index (χ2v) is 8.50.